The van der Waals surface area contributed by atoms with E-state index in [4.69, 9.17) is 22.3 Å². The first-order valence-corrected chi connectivity index (χ1v) is 20.6. The summed E-state index contributed by atoms with van der Waals surface area (Å²) < 4.78 is 0. The maximum Gasteiger partial charge on any atom is 0.326 e. The lowest BCUT2D eigenvalue weighted by Crippen LogP contribution is -2.60. The standard InChI is InChI=1S/C36H61N9O14S/c1-6-18(4)29(45-30(52)19(37)7-12-27(48)49)35(57)44-24(16-28(50)51)34(56)41-21(13-14-60-5)32(54)43-23(15-17(2)3)33(55)40-20(8-10-25(38)46)31(53)42-22(36(58)59)9-11-26(39)47/h17-24,29H,6-16,37H2,1-5H3,(H2,38,46)(H2,39,47)(H,40,55)(H,41,56)(H,42,53)(H,43,54)(H,44,57)(H,45,52)(H,48,49)(H,50,51)(H,58,59)/t18-,19-,20-,21-,22-,23-,24-,29-/m0/s1. The molecule has 8 atom stereocenters. The summed E-state index contributed by atoms with van der Waals surface area (Å²) in [7, 11) is 0. The number of rotatable bonds is 31. The van der Waals surface area contributed by atoms with Gasteiger partial charge in [0.2, 0.25) is 47.3 Å². The second-order valence-electron chi connectivity index (χ2n) is 14.6. The molecule has 340 valence electrons. The first kappa shape index (κ1) is 54.5. The van der Waals surface area contributed by atoms with E-state index < -0.39 is 133 Å². The van der Waals surface area contributed by atoms with Crippen LogP contribution in [0.5, 0.6) is 0 Å². The fourth-order valence-corrected chi connectivity index (χ4v) is 5.89. The number of carboxylic acids is 3. The maximum absolute atomic E-state index is 13.8. The summed E-state index contributed by atoms with van der Waals surface area (Å²) in [5.74, 6) is -12.2. The molecule has 0 spiro atoms. The smallest absolute Gasteiger partial charge is 0.326 e. The van der Waals surface area contributed by atoms with Gasteiger partial charge in [0.25, 0.3) is 0 Å². The van der Waals surface area contributed by atoms with Gasteiger partial charge in [0.15, 0.2) is 0 Å². The molecule has 0 aromatic heterocycles. The number of thioether (sulfide) groups is 1. The molecule has 0 saturated carbocycles. The Balaban J connectivity index is 6.41. The fourth-order valence-electron chi connectivity index (χ4n) is 5.41. The normalized spacial score (nSPS) is 15.0. The average molecular weight is 876 g/mol. The molecule has 0 heterocycles. The van der Waals surface area contributed by atoms with Crippen molar-refractivity contribution in [2.45, 2.75) is 134 Å². The second kappa shape index (κ2) is 28.0. The van der Waals surface area contributed by atoms with Crippen LogP contribution >= 0.6 is 11.8 Å². The highest BCUT2D eigenvalue weighted by Crippen LogP contribution is 2.12. The highest BCUT2D eigenvalue weighted by Gasteiger charge is 2.35. The summed E-state index contributed by atoms with van der Waals surface area (Å²) in [6.07, 6.45) is -1.21. The molecular weight excluding hydrogens is 815 g/mol. The van der Waals surface area contributed by atoms with E-state index in [1.54, 1.807) is 34.0 Å². The zero-order chi connectivity index (χ0) is 46.3. The number of primary amides is 2. The Hall–Kier alpha value is -5.52. The Morgan fingerprint density at radius 3 is 1.45 bits per heavy atom. The zero-order valence-corrected chi connectivity index (χ0v) is 35.3. The Bertz CT molecular complexity index is 1550. The summed E-state index contributed by atoms with van der Waals surface area (Å²) in [4.78, 5) is 138. The molecule has 24 heteroatoms. The number of carbonyl (C=O) groups is 11. The Labute approximate surface area is 351 Å². The Kier molecular flexibility index (Phi) is 25.5. The van der Waals surface area contributed by atoms with Crippen molar-refractivity contribution in [1.29, 1.82) is 0 Å². The third-order valence-corrected chi connectivity index (χ3v) is 9.64. The summed E-state index contributed by atoms with van der Waals surface area (Å²) in [5.41, 5.74) is 16.1. The third kappa shape index (κ3) is 22.0. The Morgan fingerprint density at radius 2 is 1.00 bits per heavy atom. The molecule has 0 aliphatic rings. The molecule has 0 rings (SSSR count). The first-order chi connectivity index (χ1) is 27.9. The van der Waals surface area contributed by atoms with Crippen LogP contribution in [0.4, 0.5) is 0 Å². The third-order valence-electron chi connectivity index (χ3n) is 9.00. The van der Waals surface area contributed by atoms with Crippen LogP contribution in [0.3, 0.4) is 0 Å². The van der Waals surface area contributed by atoms with Gasteiger partial charge in [-0.15, -0.1) is 0 Å². The lowest BCUT2D eigenvalue weighted by molar-refractivity contribution is -0.143. The van der Waals surface area contributed by atoms with Gasteiger partial charge in [-0.2, -0.15) is 11.8 Å². The number of hydrogen-bond acceptors (Lipinski definition) is 13. The minimum absolute atomic E-state index is 0.0261. The highest BCUT2D eigenvalue weighted by molar-refractivity contribution is 7.98. The molecule has 0 bridgehead atoms. The number of amides is 8. The largest absolute Gasteiger partial charge is 0.481 e. The van der Waals surface area contributed by atoms with Gasteiger partial charge < -0.3 is 64.4 Å². The molecule has 8 amide bonds. The van der Waals surface area contributed by atoms with Crippen molar-refractivity contribution in [2.24, 2.45) is 29.0 Å². The molecular formula is C36H61N9O14S. The van der Waals surface area contributed by atoms with Gasteiger partial charge in [0.1, 0.15) is 36.3 Å². The van der Waals surface area contributed by atoms with Crippen molar-refractivity contribution in [3.05, 3.63) is 0 Å². The average Bonchev–Trinajstić information content (AvgIpc) is 3.15. The predicted molar refractivity (Wildman–Crippen MR) is 215 cm³/mol. The van der Waals surface area contributed by atoms with Gasteiger partial charge in [-0.3, -0.25) is 47.9 Å². The number of carbonyl (C=O) groups excluding carboxylic acids is 8. The number of hydrogen-bond donors (Lipinski definition) is 12. The second-order valence-corrected chi connectivity index (χ2v) is 15.6. The zero-order valence-electron chi connectivity index (χ0n) is 34.4. The van der Waals surface area contributed by atoms with Gasteiger partial charge in [0.05, 0.1) is 12.5 Å². The van der Waals surface area contributed by atoms with Crippen molar-refractivity contribution in [3.8, 4) is 0 Å². The number of aliphatic carboxylic acids is 3. The summed E-state index contributed by atoms with van der Waals surface area (Å²) in [6.45, 7) is 6.72. The van der Waals surface area contributed by atoms with Gasteiger partial charge in [-0.25, -0.2) is 4.79 Å². The van der Waals surface area contributed by atoms with E-state index in [-0.39, 0.29) is 50.2 Å². The summed E-state index contributed by atoms with van der Waals surface area (Å²) in [5, 5.41) is 42.4. The van der Waals surface area contributed by atoms with Crippen LogP contribution in [0, 0.1) is 11.8 Å². The fraction of sp³-hybridized carbons (Fsp3) is 0.694. The van der Waals surface area contributed by atoms with Crippen molar-refractivity contribution in [1.82, 2.24) is 31.9 Å². The van der Waals surface area contributed by atoms with Gasteiger partial charge in [-0.1, -0.05) is 34.1 Å². The van der Waals surface area contributed by atoms with Crippen LogP contribution in [-0.4, -0.2) is 135 Å². The Morgan fingerprint density at radius 1 is 0.550 bits per heavy atom. The molecule has 23 nitrogen and oxygen atoms in total. The topological polar surface area (TPSA) is 399 Å². The van der Waals surface area contributed by atoms with E-state index in [9.17, 15) is 63.0 Å². The monoisotopic (exact) mass is 875 g/mol. The number of nitrogens with one attached hydrogen (secondary N) is 6. The predicted octanol–water partition coefficient (Wildman–Crippen LogP) is -2.98. The van der Waals surface area contributed by atoms with Crippen LogP contribution in [0.15, 0.2) is 0 Å². The molecule has 15 N–H and O–H groups in total. The quantitative estimate of drug-likeness (QED) is 0.0331. The van der Waals surface area contributed by atoms with Crippen LogP contribution in [0.1, 0.15) is 91.9 Å². The highest BCUT2D eigenvalue weighted by atomic mass is 32.2. The molecule has 0 radical (unpaired) electrons. The van der Waals surface area contributed by atoms with E-state index in [2.05, 4.69) is 31.9 Å². The van der Waals surface area contributed by atoms with Crippen molar-refractivity contribution in [2.75, 3.05) is 12.0 Å². The molecule has 0 aliphatic carbocycles. The lowest BCUT2D eigenvalue weighted by Gasteiger charge is -2.29. The van der Waals surface area contributed by atoms with E-state index in [1.165, 1.54) is 11.8 Å². The van der Waals surface area contributed by atoms with Gasteiger partial charge >= 0.3 is 17.9 Å². The van der Waals surface area contributed by atoms with Crippen molar-refractivity contribution in [3.63, 3.8) is 0 Å². The molecule has 0 saturated heterocycles. The molecule has 60 heavy (non-hydrogen) atoms. The van der Waals surface area contributed by atoms with Gasteiger partial charge in [0, 0.05) is 19.3 Å². The summed E-state index contributed by atoms with van der Waals surface area (Å²) in [6, 6.07) is -10.3. The molecule has 0 fully saturated rings. The van der Waals surface area contributed by atoms with E-state index in [1.807, 2.05) is 0 Å². The minimum atomic E-state index is -1.78. The molecule has 0 aromatic carbocycles. The first-order valence-electron chi connectivity index (χ1n) is 19.2. The number of nitrogens with two attached hydrogens (primary N) is 3. The van der Waals surface area contributed by atoms with Crippen molar-refractivity contribution >= 4 is 76.9 Å². The maximum atomic E-state index is 13.8. The lowest BCUT2D eigenvalue weighted by atomic mass is 9.97. The van der Waals surface area contributed by atoms with E-state index in [0.29, 0.717) is 6.42 Å². The minimum Gasteiger partial charge on any atom is -0.481 e. The van der Waals surface area contributed by atoms with Crippen LogP contribution in [-0.2, 0) is 52.7 Å². The molecule has 0 aliphatic heterocycles. The molecule has 0 unspecified atom stereocenters. The molecule has 0 aromatic rings. The van der Waals surface area contributed by atoms with Crippen LogP contribution < -0.4 is 49.1 Å². The number of carboxylic acid groups (broad SMARTS) is 3. The van der Waals surface area contributed by atoms with Crippen LogP contribution in [0.25, 0.3) is 0 Å². The van der Waals surface area contributed by atoms with Gasteiger partial charge in [-0.05, 0) is 55.9 Å². The SMILES string of the molecule is CC[C@H](C)[C@H](NC(=O)[C@@H](N)CCC(=O)O)C(=O)N[C@@H](CC(=O)O)C(=O)N[C@@H](CCSC)C(=O)N[C@@H](CC(C)C)C(=O)N[C@@H](CCC(N)=O)C(=O)N[C@@H](CCC(N)=O)C(=O)O. The summed E-state index contributed by atoms with van der Waals surface area (Å²) >= 11 is 1.29. The van der Waals surface area contributed by atoms with E-state index >= 15 is 0 Å². The van der Waals surface area contributed by atoms with Crippen molar-refractivity contribution < 1.29 is 68.1 Å². The van der Waals surface area contributed by atoms with Crippen LogP contribution in [0.2, 0.25) is 0 Å². The van der Waals surface area contributed by atoms with E-state index in [0.717, 1.165) is 0 Å².